The fourth-order valence-corrected chi connectivity index (χ4v) is 10.3. The largest absolute Gasteiger partial charge is 0.455 e. The predicted octanol–water partition coefficient (Wildman–Crippen LogP) is 16.9. The Morgan fingerprint density at radius 2 is 0.692 bits per heavy atom. The van der Waals surface area contributed by atoms with Crippen molar-refractivity contribution in [1.82, 2.24) is 9.13 Å². The molecule has 5 nitrogen and oxygen atoms in total. The third-order valence-electron chi connectivity index (χ3n) is 13.2. The van der Waals surface area contributed by atoms with E-state index >= 15 is 0 Å². The quantitative estimate of drug-likeness (QED) is 0.167. The molecule has 0 aliphatic carbocycles. The van der Waals surface area contributed by atoms with Crippen LogP contribution in [0.4, 0.5) is 0 Å². The first-order valence-corrected chi connectivity index (χ1v) is 22.0. The number of fused-ring (bicyclic) bond motifs is 15. The van der Waals surface area contributed by atoms with Gasteiger partial charge in [-0.15, -0.1) is 0 Å². The highest BCUT2D eigenvalue weighted by molar-refractivity contribution is 6.29. The molecule has 0 unspecified atom stereocenters. The minimum absolute atomic E-state index is 0.789. The monoisotopic (exact) mass is 832 g/mol. The lowest BCUT2D eigenvalue weighted by Gasteiger charge is -2.18. The number of para-hydroxylation sites is 8. The van der Waals surface area contributed by atoms with Crippen LogP contribution in [-0.2, 0) is 0 Å². The molecule has 65 heavy (non-hydrogen) atoms. The summed E-state index contributed by atoms with van der Waals surface area (Å²) in [7, 11) is 0. The highest BCUT2D eigenvalue weighted by Gasteiger charge is 2.19. The van der Waals surface area contributed by atoms with Crippen LogP contribution in [0.5, 0.6) is 0 Å². The third kappa shape index (κ3) is 5.39. The predicted molar refractivity (Wildman–Crippen MR) is 269 cm³/mol. The zero-order valence-corrected chi connectivity index (χ0v) is 34.9. The fraction of sp³-hybridized carbons (Fsp3) is 0. The molecule has 0 fully saturated rings. The number of benzene rings is 10. The fourth-order valence-electron chi connectivity index (χ4n) is 10.3. The van der Waals surface area contributed by atoms with Gasteiger partial charge < -0.3 is 22.4 Å². The van der Waals surface area contributed by atoms with E-state index in [2.05, 4.69) is 203 Å². The molecule has 0 aliphatic rings. The molecule has 0 spiro atoms. The zero-order chi connectivity index (χ0) is 42.6. The van der Waals surface area contributed by atoms with Gasteiger partial charge in [0.1, 0.15) is 11.2 Å². The van der Waals surface area contributed by atoms with Crippen molar-refractivity contribution in [1.29, 1.82) is 0 Å². The van der Waals surface area contributed by atoms with Crippen molar-refractivity contribution in [3.63, 3.8) is 0 Å². The highest BCUT2D eigenvalue weighted by atomic mass is 16.3. The van der Waals surface area contributed by atoms with Crippen LogP contribution in [0.1, 0.15) is 0 Å². The van der Waals surface area contributed by atoms with E-state index in [0.717, 1.165) is 132 Å². The van der Waals surface area contributed by atoms with E-state index in [0.29, 0.717) is 0 Å². The second kappa shape index (κ2) is 13.9. The molecule has 0 N–H and O–H groups in total. The summed E-state index contributed by atoms with van der Waals surface area (Å²) in [5.74, 6) is 0. The maximum atomic E-state index is 6.90. The molecule has 0 saturated heterocycles. The lowest BCUT2D eigenvalue weighted by atomic mass is 9.91. The molecule has 14 aromatic rings. The van der Waals surface area contributed by atoms with Gasteiger partial charge in [0, 0.05) is 27.7 Å². The van der Waals surface area contributed by atoms with Gasteiger partial charge in [-0.1, -0.05) is 133 Å². The van der Waals surface area contributed by atoms with Gasteiger partial charge >= 0.3 is 0 Å². The molecule has 0 radical (unpaired) electrons. The minimum atomic E-state index is 0.789. The first-order valence-electron chi connectivity index (χ1n) is 22.0. The van der Waals surface area contributed by atoms with Crippen molar-refractivity contribution >= 4 is 109 Å². The van der Waals surface area contributed by atoms with E-state index in [1.807, 2.05) is 24.3 Å². The van der Waals surface area contributed by atoms with Crippen LogP contribution < -0.4 is 0 Å². The van der Waals surface area contributed by atoms with E-state index in [1.54, 1.807) is 0 Å². The molecule has 0 bridgehead atoms. The first-order chi connectivity index (χ1) is 32.2. The Morgan fingerprint density at radius 3 is 1.29 bits per heavy atom. The molecular formula is C60H36N2O3. The van der Waals surface area contributed by atoms with Crippen LogP contribution in [0.2, 0.25) is 0 Å². The second-order valence-electron chi connectivity index (χ2n) is 16.8. The number of aromatic nitrogens is 2. The lowest BCUT2D eigenvalue weighted by Crippen LogP contribution is -2.00. The summed E-state index contributed by atoms with van der Waals surface area (Å²) in [5.41, 5.74) is 13.1. The molecule has 5 heteroatoms. The molecule has 3 heterocycles. The van der Waals surface area contributed by atoms with Crippen molar-refractivity contribution in [2.75, 3.05) is 0 Å². The van der Waals surface area contributed by atoms with Crippen LogP contribution in [0.3, 0.4) is 0 Å². The Morgan fingerprint density at radius 1 is 0.246 bits per heavy atom. The molecule has 11 aromatic carbocycles. The van der Waals surface area contributed by atoms with Crippen LogP contribution in [0.15, 0.2) is 232 Å². The molecule has 0 aliphatic heterocycles. The maximum Gasteiger partial charge on any atom is 0.152 e. The first kappa shape index (κ1) is 35.8. The number of rotatable bonds is 3. The topological polar surface area (TPSA) is 49.3 Å². The van der Waals surface area contributed by atoms with Gasteiger partial charge in [0.05, 0.1) is 22.1 Å². The SMILES string of the molecule is c1ccc(-n2c3ccccc3oc3cc4c5ccc(-c6cccc7c6oc6ccccc67)cc5c5cc6c(cc5c5ccccc5c4cc32)oc2ccccc2n6-c2ccccc2)cc1. The zero-order valence-electron chi connectivity index (χ0n) is 34.9. The summed E-state index contributed by atoms with van der Waals surface area (Å²) in [6, 6.07) is 77.3. The minimum Gasteiger partial charge on any atom is -0.455 e. The van der Waals surface area contributed by atoms with Gasteiger partial charge in [-0.2, -0.15) is 0 Å². The summed E-state index contributed by atoms with van der Waals surface area (Å²) in [6.45, 7) is 0. The second-order valence-corrected chi connectivity index (χ2v) is 16.8. The lowest BCUT2D eigenvalue weighted by molar-refractivity contribution is 0.653. The molecule has 0 atom stereocenters. The summed E-state index contributed by atoms with van der Waals surface area (Å²) in [6.07, 6.45) is 0. The summed E-state index contributed by atoms with van der Waals surface area (Å²) in [4.78, 5) is 0. The van der Waals surface area contributed by atoms with Gasteiger partial charge in [-0.3, -0.25) is 0 Å². The Hall–Kier alpha value is -8.80. The number of nitrogens with zero attached hydrogens (tertiary/aromatic N) is 2. The summed E-state index contributed by atoms with van der Waals surface area (Å²) in [5, 5.41) is 11.0. The molecule has 304 valence electrons. The highest BCUT2D eigenvalue weighted by Crippen LogP contribution is 2.43. The van der Waals surface area contributed by atoms with E-state index < -0.39 is 0 Å². The standard InChI is InChI=1S/C60H36N2O3/c1-3-16-38(17-4-1)61-51-25-10-13-28-56(51)64-59-36-50-43-31-30-37(40-23-15-24-45-44-22-9-12-27-55(44)65-60(40)45)32-46(43)48-34-54-58(35-49(48)42-21-8-7-20-41(42)47(50)33-53(59)61)63-57-29-14-11-26-52(57)62(54)39-18-5-2-6-19-39/h1-36H. The smallest absolute Gasteiger partial charge is 0.152 e. The van der Waals surface area contributed by atoms with Crippen molar-refractivity contribution in [3.8, 4) is 22.5 Å². The van der Waals surface area contributed by atoms with Gasteiger partial charge in [-0.05, 0) is 134 Å². The Bertz CT molecular complexity index is 4330. The van der Waals surface area contributed by atoms with Crippen molar-refractivity contribution in [2.24, 2.45) is 0 Å². The van der Waals surface area contributed by atoms with Crippen LogP contribution >= 0.6 is 0 Å². The number of hydrogen-bond acceptors (Lipinski definition) is 3. The van der Waals surface area contributed by atoms with Gasteiger partial charge in [0.2, 0.25) is 0 Å². The Kier molecular flexibility index (Phi) is 7.62. The molecule has 3 aromatic heterocycles. The molecule has 0 amide bonds. The Balaban J connectivity index is 1.21. The third-order valence-corrected chi connectivity index (χ3v) is 13.2. The van der Waals surface area contributed by atoms with E-state index in [4.69, 9.17) is 13.3 Å². The van der Waals surface area contributed by atoms with Crippen molar-refractivity contribution in [3.05, 3.63) is 218 Å². The van der Waals surface area contributed by atoms with Crippen LogP contribution in [0, 0.1) is 0 Å². The maximum absolute atomic E-state index is 6.90. The van der Waals surface area contributed by atoms with Gasteiger partial charge in [0.15, 0.2) is 22.3 Å². The number of hydrogen-bond donors (Lipinski definition) is 0. The molecular weight excluding hydrogens is 797 g/mol. The molecule has 0 saturated carbocycles. The number of furan rings is 1. The van der Waals surface area contributed by atoms with E-state index in [9.17, 15) is 0 Å². The van der Waals surface area contributed by atoms with Crippen LogP contribution in [-0.4, -0.2) is 9.13 Å². The van der Waals surface area contributed by atoms with Crippen molar-refractivity contribution in [2.45, 2.75) is 0 Å². The Labute approximate surface area is 371 Å². The molecule has 14 rings (SSSR count). The average Bonchev–Trinajstić information content (AvgIpc) is 3.76. The average molecular weight is 833 g/mol. The van der Waals surface area contributed by atoms with Crippen LogP contribution in [0.25, 0.3) is 132 Å². The summed E-state index contributed by atoms with van der Waals surface area (Å²) < 4.78 is 25.1. The van der Waals surface area contributed by atoms with E-state index in [1.165, 1.54) is 0 Å². The van der Waals surface area contributed by atoms with Gasteiger partial charge in [-0.25, -0.2) is 0 Å². The van der Waals surface area contributed by atoms with E-state index in [-0.39, 0.29) is 0 Å². The van der Waals surface area contributed by atoms with Gasteiger partial charge in [0.25, 0.3) is 0 Å². The normalized spacial score (nSPS) is 12.0. The van der Waals surface area contributed by atoms with Crippen molar-refractivity contribution < 1.29 is 13.3 Å². The summed E-state index contributed by atoms with van der Waals surface area (Å²) >= 11 is 0.